The van der Waals surface area contributed by atoms with Crippen molar-refractivity contribution >= 4 is 39.4 Å². The molecule has 0 heterocycles. The second kappa shape index (κ2) is 11.8. The van der Waals surface area contributed by atoms with Gasteiger partial charge in [-0.3, -0.25) is 9.52 Å². The quantitative estimate of drug-likeness (QED) is 0.350. The van der Waals surface area contributed by atoms with Crippen molar-refractivity contribution in [1.29, 1.82) is 0 Å². The maximum Gasteiger partial charge on any atom is 0.319 e. The van der Waals surface area contributed by atoms with Crippen molar-refractivity contribution < 1.29 is 18.0 Å². The first-order valence-electron chi connectivity index (χ1n) is 11.0. The number of hydrogen-bond acceptors (Lipinski definition) is 4. The van der Waals surface area contributed by atoms with Crippen LogP contribution in [-0.4, -0.2) is 26.4 Å². The summed E-state index contributed by atoms with van der Waals surface area (Å²) < 4.78 is 27.0. The number of urea groups is 1. The van der Waals surface area contributed by atoms with E-state index in [4.69, 9.17) is 0 Å². The fourth-order valence-electron chi connectivity index (χ4n) is 3.04. The number of sulfonamides is 1. The van der Waals surface area contributed by atoms with Gasteiger partial charge in [-0.15, -0.1) is 0 Å². The van der Waals surface area contributed by atoms with Gasteiger partial charge in [-0.25, -0.2) is 13.2 Å². The van der Waals surface area contributed by atoms with Crippen molar-refractivity contribution in [1.82, 2.24) is 10.6 Å². The largest absolute Gasteiger partial charge is 0.348 e. The molecule has 0 aromatic heterocycles. The average Bonchev–Trinajstić information content (AvgIpc) is 2.82. The van der Waals surface area contributed by atoms with Gasteiger partial charge in [0, 0.05) is 29.5 Å². The summed E-state index contributed by atoms with van der Waals surface area (Å²) in [6.07, 6.45) is 1.51. The van der Waals surface area contributed by atoms with Crippen molar-refractivity contribution in [2.45, 2.75) is 26.4 Å². The lowest BCUT2D eigenvalue weighted by molar-refractivity contribution is 0.0951. The highest BCUT2D eigenvalue weighted by molar-refractivity contribution is 7.95. The molecule has 0 aliphatic heterocycles. The Hall–Kier alpha value is -4.11. The van der Waals surface area contributed by atoms with Gasteiger partial charge in [0.05, 0.1) is 5.41 Å². The fraction of sp³-hybridized carbons (Fsp3) is 0.154. The molecular weight excluding hydrogens is 464 g/mol. The molecule has 3 aromatic carbocycles. The van der Waals surface area contributed by atoms with Crippen molar-refractivity contribution in [3.63, 3.8) is 0 Å². The van der Waals surface area contributed by atoms with Gasteiger partial charge in [-0.1, -0.05) is 42.5 Å². The van der Waals surface area contributed by atoms with Crippen LogP contribution < -0.4 is 20.7 Å². The van der Waals surface area contributed by atoms with Gasteiger partial charge in [0.25, 0.3) is 15.9 Å². The molecule has 8 nitrogen and oxygen atoms in total. The van der Waals surface area contributed by atoms with Crippen LogP contribution in [-0.2, 0) is 16.6 Å². The predicted octanol–water partition coefficient (Wildman–Crippen LogP) is 4.56. The zero-order valence-corrected chi connectivity index (χ0v) is 20.3. The zero-order chi connectivity index (χ0) is 25.3. The molecule has 0 spiro atoms. The molecule has 3 aromatic rings. The lowest BCUT2D eigenvalue weighted by atomic mass is 10.1. The summed E-state index contributed by atoms with van der Waals surface area (Å²) in [5.41, 5.74) is 3.03. The lowest BCUT2D eigenvalue weighted by Crippen LogP contribution is -2.34. The van der Waals surface area contributed by atoms with Crippen LogP contribution in [0.5, 0.6) is 0 Å². The van der Waals surface area contributed by atoms with E-state index in [1.54, 1.807) is 36.4 Å². The van der Waals surface area contributed by atoms with Crippen molar-refractivity contribution in [2.24, 2.45) is 0 Å². The monoisotopic (exact) mass is 492 g/mol. The van der Waals surface area contributed by atoms with E-state index in [0.717, 1.165) is 16.5 Å². The molecule has 0 unspecified atom stereocenters. The summed E-state index contributed by atoms with van der Waals surface area (Å²) in [4.78, 5) is 24.2. The fourth-order valence-corrected chi connectivity index (χ4v) is 3.91. The Kier molecular flexibility index (Phi) is 8.63. The van der Waals surface area contributed by atoms with E-state index in [1.807, 2.05) is 44.2 Å². The number of anilines is 2. The van der Waals surface area contributed by atoms with Gasteiger partial charge in [0.2, 0.25) is 0 Å². The van der Waals surface area contributed by atoms with Crippen molar-refractivity contribution in [3.8, 4) is 0 Å². The summed E-state index contributed by atoms with van der Waals surface area (Å²) in [6, 6.07) is 22.2. The Bertz CT molecular complexity index is 1270. The summed E-state index contributed by atoms with van der Waals surface area (Å²) in [5, 5.41) is 9.40. The second-order valence-corrected chi connectivity index (χ2v) is 9.64. The van der Waals surface area contributed by atoms with Crippen LogP contribution in [0.1, 0.15) is 35.3 Å². The van der Waals surface area contributed by atoms with Gasteiger partial charge in [-0.2, -0.15) is 0 Å². The van der Waals surface area contributed by atoms with E-state index in [2.05, 4.69) is 20.7 Å². The first kappa shape index (κ1) is 25.5. The topological polar surface area (TPSA) is 116 Å². The van der Waals surface area contributed by atoms with Crippen LogP contribution in [0.3, 0.4) is 0 Å². The standard InChI is InChI=1S/C26H28N4O4S/c1-19(2)28-26(32)29-23-12-8-21(9-13-23)18-27-25(31)22-10-14-24(15-11-22)30-35(33,34)17-16-20-6-4-3-5-7-20/h3-17,19,30H,18H2,1-2H3,(H,27,31)(H2,28,29,32)/b17-16+. The number of benzene rings is 3. The zero-order valence-electron chi connectivity index (χ0n) is 19.5. The maximum atomic E-state index is 12.5. The first-order chi connectivity index (χ1) is 16.7. The molecule has 0 atom stereocenters. The molecule has 0 saturated heterocycles. The molecule has 9 heteroatoms. The third-order valence-corrected chi connectivity index (χ3v) is 5.75. The van der Waals surface area contributed by atoms with E-state index in [-0.39, 0.29) is 18.0 Å². The normalized spacial score (nSPS) is 11.3. The summed E-state index contributed by atoms with van der Waals surface area (Å²) in [5.74, 6) is -0.290. The Labute approximate surface area is 205 Å². The Morgan fingerprint density at radius 3 is 2.11 bits per heavy atom. The van der Waals surface area contributed by atoms with Gasteiger partial charge in [0.1, 0.15) is 0 Å². The summed E-state index contributed by atoms with van der Waals surface area (Å²) in [6.45, 7) is 4.06. The minimum Gasteiger partial charge on any atom is -0.348 e. The molecule has 3 rings (SSSR count). The molecule has 0 bridgehead atoms. The van der Waals surface area contributed by atoms with Gasteiger partial charge < -0.3 is 16.0 Å². The molecule has 182 valence electrons. The van der Waals surface area contributed by atoms with Crippen LogP contribution in [0.4, 0.5) is 16.2 Å². The molecule has 35 heavy (non-hydrogen) atoms. The summed E-state index contributed by atoms with van der Waals surface area (Å²) in [7, 11) is -3.69. The molecule has 0 aliphatic rings. The third kappa shape index (κ3) is 8.63. The minimum atomic E-state index is -3.69. The van der Waals surface area contributed by atoms with Crippen LogP contribution in [0.15, 0.2) is 84.3 Å². The highest BCUT2D eigenvalue weighted by Gasteiger charge is 2.09. The number of rotatable bonds is 9. The number of amides is 3. The number of carbonyl (C=O) groups is 2. The number of hydrogen-bond donors (Lipinski definition) is 4. The molecule has 0 aliphatic carbocycles. The van der Waals surface area contributed by atoms with Gasteiger partial charge >= 0.3 is 6.03 Å². The second-order valence-electron chi connectivity index (χ2n) is 8.07. The van der Waals surface area contributed by atoms with Gasteiger partial charge in [-0.05, 0) is 67.4 Å². The first-order valence-corrected chi connectivity index (χ1v) is 12.6. The highest BCUT2D eigenvalue weighted by atomic mass is 32.2. The highest BCUT2D eigenvalue weighted by Crippen LogP contribution is 2.14. The van der Waals surface area contributed by atoms with Crippen LogP contribution >= 0.6 is 0 Å². The Morgan fingerprint density at radius 1 is 0.857 bits per heavy atom. The molecule has 0 saturated carbocycles. The van der Waals surface area contributed by atoms with Crippen LogP contribution in [0, 0.1) is 0 Å². The number of carbonyl (C=O) groups excluding carboxylic acids is 2. The maximum absolute atomic E-state index is 12.5. The van der Waals surface area contributed by atoms with Crippen molar-refractivity contribution in [3.05, 3.63) is 101 Å². The van der Waals surface area contributed by atoms with E-state index in [0.29, 0.717) is 23.5 Å². The minimum absolute atomic E-state index is 0.0372. The average molecular weight is 493 g/mol. The molecule has 3 amide bonds. The van der Waals surface area contributed by atoms with Gasteiger partial charge in [0.15, 0.2) is 0 Å². The van der Waals surface area contributed by atoms with E-state index >= 15 is 0 Å². The van der Waals surface area contributed by atoms with E-state index in [1.165, 1.54) is 18.2 Å². The molecule has 4 N–H and O–H groups in total. The third-order valence-electron chi connectivity index (χ3n) is 4.73. The van der Waals surface area contributed by atoms with E-state index < -0.39 is 10.0 Å². The number of nitrogens with one attached hydrogen (secondary N) is 4. The smallest absolute Gasteiger partial charge is 0.319 e. The molecule has 0 radical (unpaired) electrons. The van der Waals surface area contributed by atoms with Crippen LogP contribution in [0.2, 0.25) is 0 Å². The summed E-state index contributed by atoms with van der Waals surface area (Å²) >= 11 is 0. The molecular formula is C26H28N4O4S. The Balaban J connectivity index is 1.51. The van der Waals surface area contributed by atoms with Crippen molar-refractivity contribution in [2.75, 3.05) is 10.0 Å². The SMILES string of the molecule is CC(C)NC(=O)Nc1ccc(CNC(=O)c2ccc(NS(=O)(=O)/C=C/c3ccccc3)cc2)cc1. The predicted molar refractivity (Wildman–Crippen MR) is 139 cm³/mol. The van der Waals surface area contributed by atoms with Crippen LogP contribution in [0.25, 0.3) is 6.08 Å². The molecule has 0 fully saturated rings. The Morgan fingerprint density at radius 2 is 1.49 bits per heavy atom. The van der Waals surface area contributed by atoms with E-state index in [9.17, 15) is 18.0 Å². The lowest BCUT2D eigenvalue weighted by Gasteiger charge is -2.11.